The molecule has 0 spiro atoms. The summed E-state index contributed by atoms with van der Waals surface area (Å²) in [5.74, 6) is -2.61. The van der Waals surface area contributed by atoms with Gasteiger partial charge >= 0.3 is 12.1 Å². The van der Waals surface area contributed by atoms with Gasteiger partial charge in [-0.2, -0.15) is 13.2 Å². The summed E-state index contributed by atoms with van der Waals surface area (Å²) in [6.07, 6.45) is -3.09. The summed E-state index contributed by atoms with van der Waals surface area (Å²) < 4.78 is 44.8. The molecule has 2 unspecified atom stereocenters. The number of rotatable bonds is 5. The van der Waals surface area contributed by atoms with Gasteiger partial charge in [0.25, 0.3) is 0 Å². The van der Waals surface area contributed by atoms with Crippen LogP contribution in [0.15, 0.2) is 24.3 Å². The number of hydrogen-bond donors (Lipinski definition) is 1. The van der Waals surface area contributed by atoms with E-state index in [2.05, 4.69) is 0 Å². The monoisotopic (exact) mass is 371 g/mol. The summed E-state index contributed by atoms with van der Waals surface area (Å²) in [5, 5.41) is 9.13. The van der Waals surface area contributed by atoms with Crippen molar-refractivity contribution in [1.29, 1.82) is 0 Å². The third-order valence-corrected chi connectivity index (χ3v) is 4.99. The van der Waals surface area contributed by atoms with Gasteiger partial charge in [0.2, 0.25) is 5.91 Å². The van der Waals surface area contributed by atoms with Crippen LogP contribution in [0.3, 0.4) is 0 Å². The first kappa shape index (κ1) is 18.7. The van der Waals surface area contributed by atoms with E-state index < -0.39 is 36.1 Å². The molecule has 8 heteroatoms. The van der Waals surface area contributed by atoms with Gasteiger partial charge < -0.3 is 14.7 Å². The number of aliphatic carboxylic acids is 1. The zero-order valence-corrected chi connectivity index (χ0v) is 14.0. The highest BCUT2D eigenvalue weighted by molar-refractivity contribution is 5.86. The summed E-state index contributed by atoms with van der Waals surface area (Å²) in [5.41, 5.74) is -0.614. The number of amides is 1. The third kappa shape index (κ3) is 4.00. The molecule has 5 nitrogen and oxygen atoms in total. The van der Waals surface area contributed by atoms with Gasteiger partial charge in [-0.25, -0.2) is 0 Å². The quantitative estimate of drug-likeness (QED) is 0.864. The van der Waals surface area contributed by atoms with E-state index in [9.17, 15) is 22.8 Å². The maximum absolute atomic E-state index is 13.2. The van der Waals surface area contributed by atoms with Crippen molar-refractivity contribution in [2.45, 2.75) is 37.4 Å². The predicted octanol–water partition coefficient (Wildman–Crippen LogP) is 2.90. The minimum absolute atomic E-state index is 0.112. The second-order valence-electron chi connectivity index (χ2n) is 6.74. The molecule has 1 heterocycles. The van der Waals surface area contributed by atoms with Crippen molar-refractivity contribution in [3.63, 3.8) is 0 Å². The average molecular weight is 371 g/mol. The van der Waals surface area contributed by atoms with Crippen LogP contribution >= 0.6 is 0 Å². The number of carbonyl (C=O) groups excluding carboxylic acids is 1. The Kier molecular flexibility index (Phi) is 5.22. The highest BCUT2D eigenvalue weighted by atomic mass is 19.4. The van der Waals surface area contributed by atoms with E-state index in [4.69, 9.17) is 9.84 Å². The van der Waals surface area contributed by atoms with Crippen LogP contribution < -0.4 is 0 Å². The fourth-order valence-electron chi connectivity index (χ4n) is 3.63. The Hall–Kier alpha value is -2.09. The fraction of sp³-hybridized carbons (Fsp3) is 0.556. The van der Waals surface area contributed by atoms with Gasteiger partial charge in [0.15, 0.2) is 0 Å². The number of ether oxygens (including phenoxy) is 1. The van der Waals surface area contributed by atoms with Crippen LogP contribution in [0.2, 0.25) is 0 Å². The van der Waals surface area contributed by atoms with Crippen molar-refractivity contribution >= 4 is 11.9 Å². The standard InChI is InChI=1S/C18H20F3NO4/c19-18(20,21)15-4-2-1-3-12(15)13-9-14(13)17(25)22(10-16(23)24)11-5-7-26-8-6-11/h1-4,11,13-14H,5-10H2,(H,23,24). The van der Waals surface area contributed by atoms with Gasteiger partial charge in [0.1, 0.15) is 6.54 Å². The summed E-state index contributed by atoms with van der Waals surface area (Å²) >= 11 is 0. The minimum atomic E-state index is -4.48. The van der Waals surface area contributed by atoms with E-state index in [0.29, 0.717) is 32.5 Å². The first-order valence-electron chi connectivity index (χ1n) is 8.55. The number of benzene rings is 1. The van der Waals surface area contributed by atoms with Crippen molar-refractivity contribution in [2.75, 3.05) is 19.8 Å². The molecule has 1 saturated heterocycles. The van der Waals surface area contributed by atoms with Gasteiger partial charge in [0, 0.05) is 25.2 Å². The van der Waals surface area contributed by atoms with Gasteiger partial charge in [-0.05, 0) is 36.8 Å². The molecule has 1 aliphatic heterocycles. The molecule has 0 aromatic heterocycles. The molecule has 2 fully saturated rings. The topological polar surface area (TPSA) is 66.8 Å². The summed E-state index contributed by atoms with van der Waals surface area (Å²) in [6.45, 7) is 0.450. The van der Waals surface area contributed by atoms with E-state index in [0.717, 1.165) is 6.07 Å². The molecule has 1 aromatic rings. The highest BCUT2D eigenvalue weighted by Gasteiger charge is 2.50. The predicted molar refractivity (Wildman–Crippen MR) is 85.5 cm³/mol. The zero-order valence-electron chi connectivity index (χ0n) is 14.0. The molecule has 26 heavy (non-hydrogen) atoms. The van der Waals surface area contributed by atoms with Crippen LogP contribution in [-0.2, 0) is 20.5 Å². The maximum Gasteiger partial charge on any atom is 0.416 e. The van der Waals surface area contributed by atoms with E-state index >= 15 is 0 Å². The van der Waals surface area contributed by atoms with Crippen molar-refractivity contribution < 1.29 is 32.6 Å². The van der Waals surface area contributed by atoms with Gasteiger partial charge in [-0.3, -0.25) is 9.59 Å². The molecule has 1 aromatic carbocycles. The molecule has 0 radical (unpaired) electrons. The molecule has 142 valence electrons. The number of carboxylic acid groups (broad SMARTS) is 1. The van der Waals surface area contributed by atoms with E-state index in [1.807, 2.05) is 0 Å². The molecule has 1 saturated carbocycles. The smallest absolute Gasteiger partial charge is 0.416 e. The number of alkyl halides is 3. The Bertz CT molecular complexity index is 685. The Balaban J connectivity index is 1.77. The van der Waals surface area contributed by atoms with Crippen molar-refractivity contribution in [3.8, 4) is 0 Å². The lowest BCUT2D eigenvalue weighted by Crippen LogP contribution is -2.46. The first-order valence-corrected chi connectivity index (χ1v) is 8.55. The summed E-state index contributed by atoms with van der Waals surface area (Å²) in [6, 6.07) is 5.02. The number of hydrogen-bond acceptors (Lipinski definition) is 3. The lowest BCUT2D eigenvalue weighted by Gasteiger charge is -2.33. The fourth-order valence-corrected chi connectivity index (χ4v) is 3.63. The third-order valence-electron chi connectivity index (χ3n) is 4.99. The van der Waals surface area contributed by atoms with Crippen LogP contribution in [0.1, 0.15) is 36.3 Å². The molecule has 1 amide bonds. The van der Waals surface area contributed by atoms with Crippen LogP contribution in [0.25, 0.3) is 0 Å². The normalized spacial score (nSPS) is 23.5. The van der Waals surface area contributed by atoms with Crippen LogP contribution in [0.5, 0.6) is 0 Å². The SMILES string of the molecule is O=C(O)CN(C(=O)C1CC1c1ccccc1C(F)(F)F)C1CCOCC1. The number of nitrogens with zero attached hydrogens (tertiary/aromatic N) is 1. The van der Waals surface area contributed by atoms with E-state index in [-0.39, 0.29) is 17.5 Å². The second-order valence-corrected chi connectivity index (χ2v) is 6.74. The largest absolute Gasteiger partial charge is 0.480 e. The number of halogens is 3. The van der Waals surface area contributed by atoms with Crippen molar-refractivity contribution in [1.82, 2.24) is 4.90 Å². The second kappa shape index (κ2) is 7.26. The molecular weight excluding hydrogens is 351 g/mol. The van der Waals surface area contributed by atoms with Crippen LogP contribution in [0.4, 0.5) is 13.2 Å². The molecule has 1 N–H and O–H groups in total. The van der Waals surface area contributed by atoms with Crippen molar-refractivity contribution in [3.05, 3.63) is 35.4 Å². The Labute approximate surface area is 148 Å². The maximum atomic E-state index is 13.2. The Morgan fingerprint density at radius 3 is 2.46 bits per heavy atom. The number of carboxylic acids is 1. The van der Waals surface area contributed by atoms with Gasteiger partial charge in [-0.15, -0.1) is 0 Å². The zero-order chi connectivity index (χ0) is 18.9. The lowest BCUT2D eigenvalue weighted by atomic mass is 10.0. The van der Waals surface area contributed by atoms with Crippen LogP contribution in [0, 0.1) is 5.92 Å². The minimum Gasteiger partial charge on any atom is -0.480 e. The molecule has 3 rings (SSSR count). The van der Waals surface area contributed by atoms with E-state index in [1.165, 1.54) is 23.1 Å². The molecule has 2 aliphatic rings. The summed E-state index contributed by atoms with van der Waals surface area (Å²) in [7, 11) is 0. The van der Waals surface area contributed by atoms with Gasteiger partial charge in [-0.1, -0.05) is 18.2 Å². The molecule has 0 bridgehead atoms. The average Bonchev–Trinajstić information content (AvgIpc) is 3.39. The van der Waals surface area contributed by atoms with Gasteiger partial charge in [0.05, 0.1) is 5.56 Å². The number of carbonyl (C=O) groups is 2. The van der Waals surface area contributed by atoms with Crippen LogP contribution in [-0.4, -0.2) is 47.7 Å². The lowest BCUT2D eigenvalue weighted by molar-refractivity contribution is -0.148. The van der Waals surface area contributed by atoms with Crippen molar-refractivity contribution in [2.24, 2.45) is 5.92 Å². The first-order chi connectivity index (χ1) is 12.3. The Morgan fingerprint density at radius 1 is 1.19 bits per heavy atom. The summed E-state index contributed by atoms with van der Waals surface area (Å²) in [4.78, 5) is 25.3. The Morgan fingerprint density at radius 2 is 1.85 bits per heavy atom. The highest BCUT2D eigenvalue weighted by Crippen LogP contribution is 2.52. The molecular formula is C18H20F3NO4. The molecule has 1 aliphatic carbocycles. The van der Waals surface area contributed by atoms with E-state index in [1.54, 1.807) is 0 Å². The molecule has 2 atom stereocenters.